The zero-order valence-electron chi connectivity index (χ0n) is 10.6. The molecule has 0 bridgehead atoms. The molecule has 0 spiro atoms. The van der Waals surface area contributed by atoms with Crippen molar-refractivity contribution in [2.75, 3.05) is 0 Å². The molecule has 1 aliphatic carbocycles. The number of Topliss-reactive ketones (excluding diaryl/α,β-unsaturated/α-hetero) is 3. The fourth-order valence-electron chi connectivity index (χ4n) is 2.35. The van der Waals surface area contributed by atoms with E-state index in [4.69, 9.17) is 0 Å². The quantitative estimate of drug-likeness (QED) is 0.593. The van der Waals surface area contributed by atoms with Gasteiger partial charge in [0, 0.05) is 26.1 Å². The molecule has 96 valence electrons. The van der Waals surface area contributed by atoms with Crippen molar-refractivity contribution in [3.63, 3.8) is 0 Å². The van der Waals surface area contributed by atoms with Crippen LogP contribution in [0, 0.1) is 5.92 Å². The van der Waals surface area contributed by atoms with Crippen LogP contribution in [0.4, 0.5) is 0 Å². The minimum atomic E-state index is -1.09. The zero-order chi connectivity index (χ0) is 13.3. The van der Waals surface area contributed by atoms with Gasteiger partial charge in [-0.15, -0.1) is 0 Å². The highest BCUT2D eigenvalue weighted by molar-refractivity contribution is 6.25. The Morgan fingerprint density at radius 2 is 2.00 bits per heavy atom. The van der Waals surface area contributed by atoms with Crippen LogP contribution in [0.3, 0.4) is 0 Å². The predicted octanol–water partition coefficient (Wildman–Crippen LogP) is 1.10. The summed E-state index contributed by atoms with van der Waals surface area (Å²) in [7, 11) is 1.72. The van der Waals surface area contributed by atoms with Gasteiger partial charge in [-0.1, -0.05) is 6.92 Å². The summed E-state index contributed by atoms with van der Waals surface area (Å²) in [6, 6.07) is 0. The summed E-state index contributed by atoms with van der Waals surface area (Å²) in [6.45, 7) is 1.89. The fraction of sp³-hybridized carbons (Fsp3) is 0.538. The third-order valence-electron chi connectivity index (χ3n) is 3.26. The molecule has 18 heavy (non-hydrogen) atoms. The molecule has 1 aromatic rings. The number of ketones is 3. The van der Waals surface area contributed by atoms with E-state index in [9.17, 15) is 14.4 Å². The van der Waals surface area contributed by atoms with Crippen molar-refractivity contribution in [1.29, 1.82) is 0 Å². The maximum atomic E-state index is 12.3. The first-order valence-corrected chi connectivity index (χ1v) is 6.16. The van der Waals surface area contributed by atoms with E-state index in [0.29, 0.717) is 36.9 Å². The summed E-state index contributed by atoms with van der Waals surface area (Å²) in [5.74, 6) is -1.97. The highest BCUT2D eigenvalue weighted by Crippen LogP contribution is 2.23. The molecule has 2 rings (SSSR count). The summed E-state index contributed by atoms with van der Waals surface area (Å²) in [4.78, 5) is 35.8. The molecule has 0 saturated heterocycles. The van der Waals surface area contributed by atoms with Gasteiger partial charge in [-0.2, -0.15) is 5.10 Å². The van der Waals surface area contributed by atoms with Crippen LogP contribution in [-0.2, 0) is 23.1 Å². The number of aromatic nitrogens is 2. The Bertz CT molecular complexity index is 500. The summed E-state index contributed by atoms with van der Waals surface area (Å²) in [5, 5.41) is 4.17. The van der Waals surface area contributed by atoms with Crippen LogP contribution >= 0.6 is 0 Å². The maximum absolute atomic E-state index is 12.3. The molecule has 0 atom stereocenters. The van der Waals surface area contributed by atoms with Gasteiger partial charge < -0.3 is 0 Å². The Hall–Kier alpha value is -1.78. The van der Waals surface area contributed by atoms with E-state index in [2.05, 4.69) is 5.10 Å². The van der Waals surface area contributed by atoms with Crippen molar-refractivity contribution in [2.45, 2.75) is 32.6 Å². The smallest absolute Gasteiger partial charge is 0.184 e. The highest BCUT2D eigenvalue weighted by Gasteiger charge is 2.37. The standard InChI is InChI=1S/C13H16N2O3/c1-3-9-8(7-15(2)14-9)13(18)12-10(16)5-4-6-11(12)17/h7,12H,3-6H2,1-2H3. The van der Waals surface area contributed by atoms with Gasteiger partial charge in [0.05, 0.1) is 11.3 Å². The molecule has 1 fully saturated rings. The number of hydrogen-bond donors (Lipinski definition) is 0. The molecule has 1 aliphatic rings. The zero-order valence-corrected chi connectivity index (χ0v) is 10.6. The SMILES string of the molecule is CCc1nn(C)cc1C(=O)C1C(=O)CCCC1=O. The summed E-state index contributed by atoms with van der Waals surface area (Å²) < 4.78 is 1.55. The van der Waals surface area contributed by atoms with Crippen LogP contribution in [-0.4, -0.2) is 27.1 Å². The largest absolute Gasteiger partial charge is 0.298 e. The second-order valence-corrected chi connectivity index (χ2v) is 4.60. The molecular formula is C13H16N2O3. The van der Waals surface area contributed by atoms with E-state index < -0.39 is 5.92 Å². The molecule has 0 unspecified atom stereocenters. The lowest BCUT2D eigenvalue weighted by Crippen LogP contribution is -2.35. The van der Waals surface area contributed by atoms with Crippen molar-refractivity contribution in [3.8, 4) is 0 Å². The molecule has 1 saturated carbocycles. The Kier molecular flexibility index (Phi) is 3.41. The lowest BCUT2D eigenvalue weighted by atomic mass is 9.81. The number of rotatable bonds is 3. The summed E-state index contributed by atoms with van der Waals surface area (Å²) in [5.41, 5.74) is 1.06. The van der Waals surface area contributed by atoms with Crippen LogP contribution in [0.5, 0.6) is 0 Å². The predicted molar refractivity (Wildman–Crippen MR) is 64.3 cm³/mol. The van der Waals surface area contributed by atoms with Crippen molar-refractivity contribution in [1.82, 2.24) is 9.78 Å². The first-order valence-electron chi connectivity index (χ1n) is 6.16. The van der Waals surface area contributed by atoms with E-state index in [0.717, 1.165) is 0 Å². The molecule has 0 aromatic carbocycles. The third kappa shape index (κ3) is 2.12. The number of carbonyl (C=O) groups excluding carboxylic acids is 3. The monoisotopic (exact) mass is 248 g/mol. The summed E-state index contributed by atoms with van der Waals surface area (Å²) >= 11 is 0. The van der Waals surface area contributed by atoms with E-state index in [-0.39, 0.29) is 17.3 Å². The van der Waals surface area contributed by atoms with Crippen LogP contribution < -0.4 is 0 Å². The fourth-order valence-corrected chi connectivity index (χ4v) is 2.35. The van der Waals surface area contributed by atoms with Crippen LogP contribution in [0.15, 0.2) is 6.20 Å². The van der Waals surface area contributed by atoms with Crippen LogP contribution in [0.1, 0.15) is 42.2 Å². The van der Waals surface area contributed by atoms with Gasteiger partial charge in [-0.25, -0.2) is 0 Å². The van der Waals surface area contributed by atoms with Gasteiger partial charge in [0.15, 0.2) is 17.3 Å². The van der Waals surface area contributed by atoms with Crippen molar-refractivity contribution < 1.29 is 14.4 Å². The number of aryl methyl sites for hydroxylation is 2. The van der Waals surface area contributed by atoms with Crippen LogP contribution in [0.2, 0.25) is 0 Å². The number of nitrogens with zero attached hydrogens (tertiary/aromatic N) is 2. The topological polar surface area (TPSA) is 69.0 Å². The number of hydrogen-bond acceptors (Lipinski definition) is 4. The van der Waals surface area contributed by atoms with E-state index in [1.165, 1.54) is 0 Å². The Labute approximate surface area is 105 Å². The molecule has 0 aliphatic heterocycles. The molecule has 0 amide bonds. The van der Waals surface area contributed by atoms with Crippen molar-refractivity contribution >= 4 is 17.3 Å². The lowest BCUT2D eigenvalue weighted by molar-refractivity contribution is -0.133. The second-order valence-electron chi connectivity index (χ2n) is 4.60. The third-order valence-corrected chi connectivity index (χ3v) is 3.26. The molecule has 1 heterocycles. The van der Waals surface area contributed by atoms with Gasteiger partial charge in [-0.3, -0.25) is 19.1 Å². The average molecular weight is 248 g/mol. The molecule has 1 aromatic heterocycles. The minimum absolute atomic E-state index is 0.248. The van der Waals surface area contributed by atoms with Gasteiger partial charge in [0.2, 0.25) is 0 Å². The average Bonchev–Trinajstić information content (AvgIpc) is 2.70. The van der Waals surface area contributed by atoms with E-state index >= 15 is 0 Å². The van der Waals surface area contributed by atoms with Crippen LogP contribution in [0.25, 0.3) is 0 Å². The van der Waals surface area contributed by atoms with Crippen molar-refractivity contribution in [3.05, 3.63) is 17.5 Å². The second kappa shape index (κ2) is 4.84. The Balaban J connectivity index is 2.35. The molecule has 0 radical (unpaired) electrons. The van der Waals surface area contributed by atoms with E-state index in [1.54, 1.807) is 17.9 Å². The first-order chi connectivity index (χ1) is 8.54. The van der Waals surface area contributed by atoms with Gasteiger partial charge in [-0.05, 0) is 12.8 Å². The van der Waals surface area contributed by atoms with Gasteiger partial charge >= 0.3 is 0 Å². The lowest BCUT2D eigenvalue weighted by Gasteiger charge is -2.17. The molecule has 0 N–H and O–H groups in total. The molecule has 5 nitrogen and oxygen atoms in total. The van der Waals surface area contributed by atoms with Gasteiger partial charge in [0.25, 0.3) is 0 Å². The first kappa shape index (κ1) is 12.7. The summed E-state index contributed by atoms with van der Waals surface area (Å²) in [6.07, 6.45) is 3.41. The normalized spacial score (nSPS) is 17.2. The number of carbonyl (C=O) groups is 3. The molecule has 5 heteroatoms. The Morgan fingerprint density at radius 1 is 1.39 bits per heavy atom. The van der Waals surface area contributed by atoms with E-state index in [1.807, 2.05) is 6.92 Å². The maximum Gasteiger partial charge on any atom is 0.184 e. The Morgan fingerprint density at radius 3 is 2.56 bits per heavy atom. The minimum Gasteiger partial charge on any atom is -0.298 e. The highest BCUT2D eigenvalue weighted by atomic mass is 16.2. The molecular weight excluding hydrogens is 232 g/mol. The van der Waals surface area contributed by atoms with Gasteiger partial charge in [0.1, 0.15) is 5.92 Å². The van der Waals surface area contributed by atoms with Crippen molar-refractivity contribution in [2.24, 2.45) is 13.0 Å².